The Morgan fingerprint density at radius 3 is 2.44 bits per heavy atom. The lowest BCUT2D eigenvalue weighted by molar-refractivity contribution is -0.156. The van der Waals surface area contributed by atoms with Crippen LogP contribution in [0.3, 0.4) is 0 Å². The second kappa shape index (κ2) is 10.6. The highest BCUT2D eigenvalue weighted by atomic mass is 79.9. The number of carboxylic acid groups (broad SMARTS) is 1. The van der Waals surface area contributed by atoms with E-state index >= 15 is 0 Å². The molecule has 4 rings (SSSR count). The van der Waals surface area contributed by atoms with Gasteiger partial charge in [-0.15, -0.1) is 6.58 Å². The lowest BCUT2D eigenvalue weighted by Crippen LogP contribution is -2.63. The zero-order valence-corrected chi connectivity index (χ0v) is 25.1. The van der Waals surface area contributed by atoms with Gasteiger partial charge in [-0.3, -0.25) is 14.4 Å². The Morgan fingerprint density at radius 1 is 1.26 bits per heavy atom. The monoisotopic (exact) mass is 604 g/mol. The van der Waals surface area contributed by atoms with Crippen molar-refractivity contribution in [3.8, 4) is 0 Å². The van der Waals surface area contributed by atoms with E-state index in [-0.39, 0.29) is 29.3 Å². The van der Waals surface area contributed by atoms with E-state index in [2.05, 4.69) is 43.3 Å². The maximum absolute atomic E-state index is 14.8. The number of halogens is 1. The minimum atomic E-state index is -1.31. The van der Waals surface area contributed by atoms with Crippen molar-refractivity contribution in [3.63, 3.8) is 0 Å². The molecule has 39 heavy (non-hydrogen) atoms. The van der Waals surface area contributed by atoms with Crippen LogP contribution < -0.4 is 0 Å². The number of hydrogen-bond donors (Lipinski definition) is 2. The van der Waals surface area contributed by atoms with Crippen molar-refractivity contribution in [2.45, 2.75) is 88.0 Å². The van der Waals surface area contributed by atoms with Crippen LogP contribution in [0.2, 0.25) is 0 Å². The first-order chi connectivity index (χ1) is 18.2. The normalized spacial score (nSPS) is 30.8. The Labute approximate surface area is 239 Å². The topological polar surface area (TPSA) is 107 Å². The van der Waals surface area contributed by atoms with E-state index in [1.54, 1.807) is 11.0 Å². The third-order valence-corrected chi connectivity index (χ3v) is 9.28. The maximum Gasteiger partial charge on any atom is 0.310 e. The first kappa shape index (κ1) is 29.7. The molecule has 2 amide bonds. The molecule has 9 heteroatoms. The van der Waals surface area contributed by atoms with Crippen LogP contribution in [0.1, 0.15) is 53.0 Å². The number of carbonyl (C=O) groups is 3. The van der Waals surface area contributed by atoms with Crippen molar-refractivity contribution in [2.75, 3.05) is 13.2 Å². The quantitative estimate of drug-likeness (QED) is 0.312. The van der Waals surface area contributed by atoms with Crippen LogP contribution in [-0.4, -0.2) is 85.1 Å². The van der Waals surface area contributed by atoms with Gasteiger partial charge in [0.1, 0.15) is 11.6 Å². The number of nitrogens with zero attached hydrogens (tertiary/aromatic N) is 2. The van der Waals surface area contributed by atoms with Crippen LogP contribution >= 0.6 is 15.9 Å². The van der Waals surface area contributed by atoms with Crippen LogP contribution in [0.5, 0.6) is 0 Å². The van der Waals surface area contributed by atoms with Crippen molar-refractivity contribution < 1.29 is 29.3 Å². The van der Waals surface area contributed by atoms with Gasteiger partial charge in [-0.2, -0.15) is 0 Å². The third-order valence-electron chi connectivity index (χ3n) is 8.44. The van der Waals surface area contributed by atoms with Crippen LogP contribution in [0.25, 0.3) is 0 Å². The van der Waals surface area contributed by atoms with Crippen LogP contribution in [0.15, 0.2) is 43.0 Å². The van der Waals surface area contributed by atoms with Gasteiger partial charge in [0, 0.05) is 16.9 Å². The number of rotatable bonds is 10. The molecule has 214 valence electrons. The van der Waals surface area contributed by atoms with Gasteiger partial charge in [0.2, 0.25) is 11.8 Å². The van der Waals surface area contributed by atoms with E-state index in [1.165, 1.54) is 4.90 Å². The molecule has 2 N–H and O–H groups in total. The minimum Gasteiger partial charge on any atom is -0.481 e. The number of ether oxygens (including phenoxy) is 1. The summed E-state index contributed by atoms with van der Waals surface area (Å²) in [4.78, 5) is 44.3. The van der Waals surface area contributed by atoms with Gasteiger partial charge in [0.25, 0.3) is 0 Å². The summed E-state index contributed by atoms with van der Waals surface area (Å²) in [5.41, 5.74) is -1.09. The summed E-state index contributed by atoms with van der Waals surface area (Å²) in [6, 6.07) is 7.66. The van der Waals surface area contributed by atoms with Gasteiger partial charge >= 0.3 is 5.97 Å². The van der Waals surface area contributed by atoms with Crippen molar-refractivity contribution in [1.29, 1.82) is 0 Å². The molecule has 1 aromatic carbocycles. The standard InChI is InChI=1S/C30H41BrN2O6/c1-7-13-32(29(5,6)17-28(2,3)4)26(36)24-30-15-20(31)23(39-30)21(27(37)38)22(30)25(35)33(24)19(16-34)14-18-11-9-8-10-12-18/h7-12,19-24,34H,1,13-17H2,2-6H3,(H,37,38)/t19-,20?,21+,22+,23+,24?,30?/m1/s1. The summed E-state index contributed by atoms with van der Waals surface area (Å²) in [6.45, 7) is 14.1. The average molecular weight is 606 g/mol. The summed E-state index contributed by atoms with van der Waals surface area (Å²) in [7, 11) is 0. The fourth-order valence-corrected chi connectivity index (χ4v) is 8.41. The molecule has 3 saturated heterocycles. The van der Waals surface area contributed by atoms with E-state index in [1.807, 2.05) is 44.2 Å². The number of benzene rings is 1. The molecule has 3 unspecified atom stereocenters. The number of aliphatic carboxylic acids is 1. The largest absolute Gasteiger partial charge is 0.481 e. The maximum atomic E-state index is 14.8. The first-order valence-electron chi connectivity index (χ1n) is 13.6. The number of aliphatic hydroxyl groups is 1. The number of alkyl halides is 1. The number of amides is 2. The van der Waals surface area contributed by atoms with E-state index in [4.69, 9.17) is 4.74 Å². The Bertz CT molecular complexity index is 1120. The Hall–Kier alpha value is -2.23. The second-order valence-electron chi connectivity index (χ2n) is 13.1. The molecule has 0 aliphatic carbocycles. The molecule has 3 fully saturated rings. The average Bonchev–Trinajstić information content (AvgIpc) is 3.43. The molecule has 3 aliphatic rings. The Kier molecular flexibility index (Phi) is 8.11. The zero-order valence-electron chi connectivity index (χ0n) is 23.5. The number of likely N-dealkylation sites (tertiary alicyclic amines) is 1. The zero-order chi connectivity index (χ0) is 28.9. The molecule has 3 aliphatic heterocycles. The molecule has 1 aromatic rings. The highest BCUT2D eigenvalue weighted by Gasteiger charge is 2.77. The predicted molar refractivity (Wildman–Crippen MR) is 151 cm³/mol. The van der Waals surface area contributed by atoms with Gasteiger partial charge in [-0.05, 0) is 44.1 Å². The fourth-order valence-electron chi connectivity index (χ4n) is 7.46. The smallest absolute Gasteiger partial charge is 0.310 e. The fraction of sp³-hybridized carbons (Fsp3) is 0.633. The van der Waals surface area contributed by atoms with Gasteiger partial charge < -0.3 is 24.7 Å². The van der Waals surface area contributed by atoms with Gasteiger partial charge in [-0.1, -0.05) is 73.1 Å². The SMILES string of the molecule is C=CCN(C(=O)C1N([C@@H](CO)Cc2ccccc2)C(=O)[C@@H]2[C@H](C(=O)O)[C@H]3OC12CC3Br)C(C)(C)CC(C)(C)C. The predicted octanol–water partition coefficient (Wildman–Crippen LogP) is 3.65. The highest BCUT2D eigenvalue weighted by Crippen LogP contribution is 2.60. The molecule has 0 radical (unpaired) electrons. The molecule has 3 heterocycles. The number of hydrogen-bond acceptors (Lipinski definition) is 5. The Morgan fingerprint density at radius 2 is 1.90 bits per heavy atom. The number of aliphatic hydroxyl groups excluding tert-OH is 1. The minimum absolute atomic E-state index is 0.0895. The molecule has 1 spiro atoms. The first-order valence-corrected chi connectivity index (χ1v) is 14.5. The molecular formula is C30H41BrN2O6. The lowest BCUT2D eigenvalue weighted by Gasteiger charge is -2.46. The summed E-state index contributed by atoms with van der Waals surface area (Å²) < 4.78 is 6.45. The number of carbonyl (C=O) groups excluding carboxylic acids is 2. The summed E-state index contributed by atoms with van der Waals surface area (Å²) in [6.07, 6.45) is 2.29. The number of carboxylic acids is 1. The molecule has 7 atom stereocenters. The van der Waals surface area contributed by atoms with Crippen molar-refractivity contribution in [1.82, 2.24) is 9.80 Å². The Balaban J connectivity index is 1.84. The van der Waals surface area contributed by atoms with Crippen molar-refractivity contribution in [2.24, 2.45) is 17.3 Å². The van der Waals surface area contributed by atoms with Crippen LogP contribution in [-0.2, 0) is 25.5 Å². The molecule has 2 bridgehead atoms. The van der Waals surface area contributed by atoms with Gasteiger partial charge in [-0.25, -0.2) is 0 Å². The summed E-state index contributed by atoms with van der Waals surface area (Å²) >= 11 is 3.60. The van der Waals surface area contributed by atoms with Gasteiger partial charge in [0.15, 0.2) is 0 Å². The van der Waals surface area contributed by atoms with E-state index < -0.39 is 53.0 Å². The van der Waals surface area contributed by atoms with E-state index in [0.29, 0.717) is 19.3 Å². The second-order valence-corrected chi connectivity index (χ2v) is 14.2. The summed E-state index contributed by atoms with van der Waals surface area (Å²) in [5, 5.41) is 20.8. The summed E-state index contributed by atoms with van der Waals surface area (Å²) in [5.74, 6) is -3.95. The van der Waals surface area contributed by atoms with Gasteiger partial charge in [0.05, 0.1) is 30.6 Å². The van der Waals surface area contributed by atoms with Crippen LogP contribution in [0, 0.1) is 17.3 Å². The van der Waals surface area contributed by atoms with E-state index in [0.717, 1.165) is 5.56 Å². The third kappa shape index (κ3) is 5.18. The van der Waals surface area contributed by atoms with E-state index in [9.17, 15) is 24.6 Å². The van der Waals surface area contributed by atoms with Crippen molar-refractivity contribution >= 4 is 33.7 Å². The molecule has 0 saturated carbocycles. The van der Waals surface area contributed by atoms with Crippen LogP contribution in [0.4, 0.5) is 0 Å². The lowest BCUT2D eigenvalue weighted by atomic mass is 9.70. The number of fused-ring (bicyclic) bond motifs is 1. The molecular weight excluding hydrogens is 564 g/mol. The highest BCUT2D eigenvalue weighted by molar-refractivity contribution is 9.09. The molecule has 0 aromatic heterocycles. The van der Waals surface area contributed by atoms with Crippen molar-refractivity contribution in [3.05, 3.63) is 48.6 Å². The molecule has 8 nitrogen and oxygen atoms in total.